The molecule has 0 saturated carbocycles. The summed E-state index contributed by atoms with van der Waals surface area (Å²) in [5.74, 6) is 1.02. The molecule has 30 heavy (non-hydrogen) atoms. The molecule has 2 aliphatic rings. The van der Waals surface area contributed by atoms with E-state index in [0.29, 0.717) is 5.56 Å². The number of likely N-dealkylation sites (tertiary alicyclic amines) is 1. The largest absolute Gasteiger partial charge is 0.487 e. The monoisotopic (exact) mass is 428 g/mol. The fourth-order valence-electron chi connectivity index (χ4n) is 4.60. The van der Waals surface area contributed by atoms with E-state index in [1.54, 1.807) is 6.20 Å². The lowest BCUT2D eigenvalue weighted by Crippen LogP contribution is -2.54. The van der Waals surface area contributed by atoms with Crippen molar-refractivity contribution in [1.29, 1.82) is 0 Å². The van der Waals surface area contributed by atoms with E-state index in [1.165, 1.54) is 11.8 Å². The maximum Gasteiger partial charge on any atom is 0.151 e. The van der Waals surface area contributed by atoms with Gasteiger partial charge < -0.3 is 4.74 Å². The number of aromatic nitrogens is 1. The van der Waals surface area contributed by atoms with Gasteiger partial charge >= 0.3 is 0 Å². The summed E-state index contributed by atoms with van der Waals surface area (Å²) in [6.45, 7) is 9.02. The molecule has 0 unspecified atom stereocenters. The fourth-order valence-corrected chi connectivity index (χ4v) is 5.38. The van der Waals surface area contributed by atoms with Crippen LogP contribution in [0.3, 0.4) is 0 Å². The molecule has 1 aromatic heterocycles. The number of nitrogens with zero attached hydrogens (tertiary/aromatic N) is 2. The van der Waals surface area contributed by atoms with Crippen LogP contribution >= 0.6 is 0 Å². The van der Waals surface area contributed by atoms with Crippen molar-refractivity contribution in [3.63, 3.8) is 0 Å². The van der Waals surface area contributed by atoms with Crippen LogP contribution < -0.4 is 4.74 Å². The lowest BCUT2D eigenvalue weighted by Gasteiger charge is -2.48. The van der Waals surface area contributed by atoms with Crippen LogP contribution in [0.15, 0.2) is 36.5 Å². The molecule has 1 spiro atoms. The maximum atomic E-state index is 11.5. The number of fused-ring (bicyclic) bond motifs is 1. The van der Waals surface area contributed by atoms with E-state index in [2.05, 4.69) is 48.9 Å². The molecule has 0 bridgehead atoms. The number of hydrogen-bond acceptors (Lipinski definition) is 5. The molecule has 0 aliphatic carbocycles. The minimum absolute atomic E-state index is 0.0209. The van der Waals surface area contributed by atoms with E-state index in [4.69, 9.17) is 4.74 Å². The van der Waals surface area contributed by atoms with Crippen molar-refractivity contribution in [3.05, 3.63) is 47.7 Å². The molecule has 162 valence electrons. The maximum absolute atomic E-state index is 11.5. The summed E-state index contributed by atoms with van der Waals surface area (Å²) in [4.78, 5) is 7.04. The van der Waals surface area contributed by atoms with E-state index in [0.717, 1.165) is 55.8 Å². The Balaban J connectivity index is 1.47. The fraction of sp³-hybridized carbons (Fsp3) is 0.542. The average molecular weight is 429 g/mol. The second-order valence-electron chi connectivity index (χ2n) is 9.89. The van der Waals surface area contributed by atoms with Gasteiger partial charge in [-0.2, -0.15) is 0 Å². The number of pyridine rings is 1. The van der Waals surface area contributed by atoms with Crippen molar-refractivity contribution >= 4 is 9.84 Å². The van der Waals surface area contributed by atoms with Crippen molar-refractivity contribution in [1.82, 2.24) is 9.88 Å². The molecule has 1 saturated heterocycles. The zero-order valence-corrected chi connectivity index (χ0v) is 19.3. The molecule has 5 nitrogen and oxygen atoms in total. The third-order valence-corrected chi connectivity index (χ3v) is 7.27. The molecule has 1 fully saturated rings. The topological polar surface area (TPSA) is 59.5 Å². The smallest absolute Gasteiger partial charge is 0.151 e. The van der Waals surface area contributed by atoms with Gasteiger partial charge in [-0.25, -0.2) is 8.42 Å². The predicted octanol–water partition coefficient (Wildman–Crippen LogP) is 4.25. The van der Waals surface area contributed by atoms with Gasteiger partial charge in [0.05, 0.1) is 11.4 Å². The van der Waals surface area contributed by atoms with E-state index in [9.17, 15) is 8.42 Å². The molecule has 1 aromatic carbocycles. The van der Waals surface area contributed by atoms with Gasteiger partial charge in [-0.15, -0.1) is 0 Å². The number of hydrogen-bond donors (Lipinski definition) is 0. The molecule has 2 aromatic rings. The normalized spacial score (nSPS) is 19.3. The second-order valence-corrected chi connectivity index (χ2v) is 12.0. The average Bonchev–Trinajstić information content (AvgIpc) is 2.67. The summed E-state index contributed by atoms with van der Waals surface area (Å²) in [7, 11) is -3.05. The first kappa shape index (κ1) is 21.3. The summed E-state index contributed by atoms with van der Waals surface area (Å²) < 4.78 is 29.5. The van der Waals surface area contributed by atoms with Crippen molar-refractivity contribution in [2.75, 3.05) is 19.3 Å². The third kappa shape index (κ3) is 4.70. The van der Waals surface area contributed by atoms with Crippen LogP contribution in [0, 0.1) is 0 Å². The number of benzene rings is 1. The number of ether oxygens (including phenoxy) is 1. The molecule has 2 aliphatic heterocycles. The van der Waals surface area contributed by atoms with Crippen molar-refractivity contribution < 1.29 is 13.2 Å². The summed E-state index contributed by atoms with van der Waals surface area (Å²) >= 11 is 0. The first-order valence-corrected chi connectivity index (χ1v) is 12.8. The lowest BCUT2D eigenvalue weighted by molar-refractivity contribution is -0.0355. The number of aryl methyl sites for hydroxylation is 1. The quantitative estimate of drug-likeness (QED) is 0.731. The Kier molecular flexibility index (Phi) is 5.43. The Morgan fingerprint density at radius 1 is 1.10 bits per heavy atom. The van der Waals surface area contributed by atoms with Crippen LogP contribution in [0.2, 0.25) is 0 Å². The molecule has 0 N–H and O–H groups in total. The highest BCUT2D eigenvalue weighted by molar-refractivity contribution is 7.89. The van der Waals surface area contributed by atoms with Crippen LogP contribution in [0.25, 0.3) is 11.3 Å². The SMILES string of the molecule is CC(C)(C)N1CCC2(CCc3cc(-c4ccc(CS(C)(=O)=O)cn4)ccc3O2)CC1. The van der Waals surface area contributed by atoms with Gasteiger partial charge in [0.1, 0.15) is 11.4 Å². The highest BCUT2D eigenvalue weighted by Gasteiger charge is 2.41. The van der Waals surface area contributed by atoms with E-state index >= 15 is 0 Å². The number of sulfone groups is 1. The van der Waals surface area contributed by atoms with Gasteiger partial charge in [-0.05, 0) is 81.8 Å². The molecule has 0 radical (unpaired) electrons. The van der Waals surface area contributed by atoms with Gasteiger partial charge in [0.15, 0.2) is 9.84 Å². The summed E-state index contributed by atoms with van der Waals surface area (Å²) in [6, 6.07) is 10.0. The van der Waals surface area contributed by atoms with Crippen LogP contribution in [0.5, 0.6) is 5.75 Å². The van der Waals surface area contributed by atoms with E-state index < -0.39 is 9.84 Å². The first-order chi connectivity index (χ1) is 14.0. The standard InChI is InChI=1S/C24H32N2O3S/c1-23(2,3)26-13-11-24(12-14-26)10-9-20-15-19(6-8-22(20)29-24)21-7-5-18(16-25-21)17-30(4,27)28/h5-8,15-16H,9-14,17H2,1-4H3. The summed E-state index contributed by atoms with van der Waals surface area (Å²) in [6.07, 6.45) is 7.13. The molecule has 0 amide bonds. The number of piperidine rings is 1. The Morgan fingerprint density at radius 3 is 2.43 bits per heavy atom. The summed E-state index contributed by atoms with van der Waals surface area (Å²) in [5, 5.41) is 0. The van der Waals surface area contributed by atoms with E-state index in [1.807, 2.05) is 12.1 Å². The van der Waals surface area contributed by atoms with Crippen molar-refractivity contribution in [2.24, 2.45) is 0 Å². The minimum atomic E-state index is -3.05. The van der Waals surface area contributed by atoms with E-state index in [-0.39, 0.29) is 16.9 Å². The molecule has 4 rings (SSSR count). The van der Waals surface area contributed by atoms with Crippen LogP contribution in [-0.2, 0) is 22.0 Å². The summed E-state index contributed by atoms with van der Waals surface area (Å²) in [5.41, 5.74) is 4.04. The molecule has 0 atom stereocenters. The first-order valence-electron chi connectivity index (χ1n) is 10.7. The lowest BCUT2D eigenvalue weighted by atomic mass is 9.81. The van der Waals surface area contributed by atoms with Crippen LogP contribution in [0.1, 0.15) is 51.2 Å². The predicted molar refractivity (Wildman–Crippen MR) is 120 cm³/mol. The van der Waals surface area contributed by atoms with Crippen molar-refractivity contribution in [3.8, 4) is 17.0 Å². The zero-order chi connectivity index (χ0) is 21.6. The Morgan fingerprint density at radius 2 is 1.83 bits per heavy atom. The van der Waals surface area contributed by atoms with Gasteiger partial charge in [-0.3, -0.25) is 9.88 Å². The van der Waals surface area contributed by atoms with Gasteiger partial charge in [0.2, 0.25) is 0 Å². The van der Waals surface area contributed by atoms with Crippen LogP contribution in [-0.4, -0.2) is 48.8 Å². The molecule has 3 heterocycles. The van der Waals surface area contributed by atoms with Gasteiger partial charge in [-0.1, -0.05) is 6.07 Å². The Labute approximate surface area is 180 Å². The zero-order valence-electron chi connectivity index (χ0n) is 18.4. The highest BCUT2D eigenvalue weighted by Crippen LogP contribution is 2.41. The number of rotatable bonds is 3. The van der Waals surface area contributed by atoms with Gasteiger partial charge in [0, 0.05) is 36.6 Å². The van der Waals surface area contributed by atoms with Gasteiger partial charge in [0.25, 0.3) is 0 Å². The second kappa shape index (κ2) is 7.65. The highest BCUT2D eigenvalue weighted by atomic mass is 32.2. The third-order valence-electron chi connectivity index (χ3n) is 6.41. The minimum Gasteiger partial charge on any atom is -0.487 e. The molecular weight excluding hydrogens is 396 g/mol. The Bertz CT molecular complexity index is 1020. The molecule has 6 heteroatoms. The van der Waals surface area contributed by atoms with Crippen LogP contribution in [0.4, 0.5) is 0 Å². The molecular formula is C24H32N2O3S. The van der Waals surface area contributed by atoms with Crippen molar-refractivity contribution in [2.45, 2.75) is 63.3 Å². The Hall–Kier alpha value is -1.92.